The summed E-state index contributed by atoms with van der Waals surface area (Å²) in [4.78, 5) is 26.3. The Labute approximate surface area is 132 Å². The molecule has 1 heterocycles. The van der Waals surface area contributed by atoms with Gasteiger partial charge in [-0.1, -0.05) is 32.0 Å². The van der Waals surface area contributed by atoms with Crippen molar-refractivity contribution in [3.63, 3.8) is 0 Å². The number of rotatable bonds is 4. The molecule has 1 aromatic rings. The fraction of sp³-hybridized carbons (Fsp3) is 0.529. The molecule has 1 saturated heterocycles. The van der Waals surface area contributed by atoms with Gasteiger partial charge in [0, 0.05) is 18.8 Å². The van der Waals surface area contributed by atoms with E-state index in [-0.39, 0.29) is 18.0 Å². The molecule has 5 nitrogen and oxygen atoms in total. The molecule has 2 N–H and O–H groups in total. The summed E-state index contributed by atoms with van der Waals surface area (Å²) in [5.74, 6) is 0.353. The van der Waals surface area contributed by atoms with Gasteiger partial charge in [0.25, 0.3) is 0 Å². The minimum atomic E-state index is -0.359. The third-order valence-electron chi connectivity index (χ3n) is 3.89. The van der Waals surface area contributed by atoms with E-state index in [1.165, 1.54) is 0 Å². The monoisotopic (exact) mass is 303 g/mol. The van der Waals surface area contributed by atoms with Crippen LogP contribution in [0.2, 0.25) is 0 Å². The van der Waals surface area contributed by atoms with Gasteiger partial charge >= 0.3 is 6.03 Å². The Hall–Kier alpha value is -2.04. The zero-order valence-corrected chi connectivity index (χ0v) is 13.6. The smallest absolute Gasteiger partial charge is 0.322 e. The third kappa shape index (κ3) is 4.00. The molecule has 0 spiro atoms. The fourth-order valence-corrected chi connectivity index (χ4v) is 2.61. The van der Waals surface area contributed by atoms with Gasteiger partial charge in [-0.3, -0.25) is 4.79 Å². The van der Waals surface area contributed by atoms with E-state index in [4.69, 9.17) is 0 Å². The highest BCUT2D eigenvalue weighted by molar-refractivity contribution is 5.94. The van der Waals surface area contributed by atoms with Crippen molar-refractivity contribution in [3.8, 4) is 0 Å². The first-order valence-corrected chi connectivity index (χ1v) is 7.90. The van der Waals surface area contributed by atoms with E-state index in [9.17, 15) is 9.59 Å². The van der Waals surface area contributed by atoms with Crippen LogP contribution in [0.5, 0.6) is 0 Å². The van der Waals surface area contributed by atoms with Crippen molar-refractivity contribution < 1.29 is 9.59 Å². The highest BCUT2D eigenvalue weighted by Crippen LogP contribution is 2.20. The number of hydrogen-bond donors (Lipinski definition) is 2. The van der Waals surface area contributed by atoms with Gasteiger partial charge in [-0.15, -0.1) is 0 Å². The zero-order valence-electron chi connectivity index (χ0n) is 13.6. The van der Waals surface area contributed by atoms with Gasteiger partial charge in [0.2, 0.25) is 5.91 Å². The second-order valence-corrected chi connectivity index (χ2v) is 6.24. The van der Waals surface area contributed by atoms with Crippen LogP contribution in [0.1, 0.15) is 32.3 Å². The van der Waals surface area contributed by atoms with Crippen molar-refractivity contribution in [1.82, 2.24) is 10.2 Å². The van der Waals surface area contributed by atoms with Crippen LogP contribution in [0.15, 0.2) is 24.3 Å². The van der Waals surface area contributed by atoms with Crippen molar-refractivity contribution in [1.29, 1.82) is 0 Å². The van der Waals surface area contributed by atoms with Gasteiger partial charge in [0.1, 0.15) is 6.04 Å². The lowest BCUT2D eigenvalue weighted by Crippen LogP contribution is -2.48. The van der Waals surface area contributed by atoms with E-state index in [1.54, 1.807) is 4.90 Å². The van der Waals surface area contributed by atoms with E-state index in [0.717, 1.165) is 24.1 Å². The molecule has 0 saturated carbocycles. The molecule has 1 aromatic carbocycles. The first-order chi connectivity index (χ1) is 10.5. The van der Waals surface area contributed by atoms with Gasteiger partial charge in [0.05, 0.1) is 0 Å². The molecule has 2 rings (SSSR count). The van der Waals surface area contributed by atoms with Crippen LogP contribution in [0.3, 0.4) is 0 Å². The Morgan fingerprint density at radius 1 is 1.32 bits per heavy atom. The largest absolute Gasteiger partial charge is 0.354 e. The van der Waals surface area contributed by atoms with Crippen molar-refractivity contribution in [2.24, 2.45) is 5.92 Å². The Bertz CT molecular complexity index is 542. The molecule has 1 atom stereocenters. The number of hydrogen-bond acceptors (Lipinski definition) is 2. The van der Waals surface area contributed by atoms with E-state index >= 15 is 0 Å². The molecule has 0 aliphatic carbocycles. The van der Waals surface area contributed by atoms with Crippen LogP contribution >= 0.6 is 0 Å². The molecule has 5 heteroatoms. The topological polar surface area (TPSA) is 61.4 Å². The number of urea groups is 1. The highest BCUT2D eigenvalue weighted by atomic mass is 16.2. The van der Waals surface area contributed by atoms with Crippen molar-refractivity contribution in [3.05, 3.63) is 29.8 Å². The van der Waals surface area contributed by atoms with Gasteiger partial charge in [-0.05, 0) is 37.3 Å². The summed E-state index contributed by atoms with van der Waals surface area (Å²) >= 11 is 0. The summed E-state index contributed by atoms with van der Waals surface area (Å²) in [7, 11) is 0. The number of carbonyl (C=O) groups excluding carboxylic acids is 2. The van der Waals surface area contributed by atoms with E-state index in [0.29, 0.717) is 19.0 Å². The summed E-state index contributed by atoms with van der Waals surface area (Å²) < 4.78 is 0. The lowest BCUT2D eigenvalue weighted by molar-refractivity contribution is -0.124. The lowest BCUT2D eigenvalue weighted by Gasteiger charge is -2.25. The normalized spacial score (nSPS) is 17.6. The van der Waals surface area contributed by atoms with E-state index in [1.807, 2.05) is 31.2 Å². The molecule has 120 valence electrons. The van der Waals surface area contributed by atoms with Crippen LogP contribution in [0, 0.1) is 12.8 Å². The molecule has 1 aliphatic rings. The predicted octanol–water partition coefficient (Wildman–Crippen LogP) is 2.76. The standard InChI is InChI=1S/C17H25N3O2/c1-12(2)11-18-16(21)15-9-6-10-20(15)17(22)19-14-8-5-4-7-13(14)3/h4-5,7-8,12,15H,6,9-11H2,1-3H3,(H,18,21)(H,19,22)/t15-/m0/s1. The predicted molar refractivity (Wildman–Crippen MR) is 87.8 cm³/mol. The van der Waals surface area contributed by atoms with Gasteiger partial charge in [-0.2, -0.15) is 0 Å². The minimum absolute atomic E-state index is 0.0499. The summed E-state index contributed by atoms with van der Waals surface area (Å²) in [6, 6.07) is 7.09. The number of benzene rings is 1. The first kappa shape index (κ1) is 16.3. The number of likely N-dealkylation sites (tertiary alicyclic amines) is 1. The molecule has 0 aromatic heterocycles. The summed E-state index contributed by atoms with van der Waals surface area (Å²) in [6.07, 6.45) is 1.59. The molecular weight excluding hydrogens is 278 g/mol. The number of nitrogens with one attached hydrogen (secondary N) is 2. The van der Waals surface area contributed by atoms with Crippen molar-refractivity contribution >= 4 is 17.6 Å². The average Bonchev–Trinajstić information content (AvgIpc) is 2.96. The Kier molecular flexibility index (Phi) is 5.41. The van der Waals surface area contributed by atoms with Crippen LogP contribution < -0.4 is 10.6 Å². The van der Waals surface area contributed by atoms with Crippen molar-refractivity contribution in [2.45, 2.75) is 39.7 Å². The molecule has 0 radical (unpaired) electrons. The second-order valence-electron chi connectivity index (χ2n) is 6.24. The number of aryl methyl sites for hydroxylation is 1. The maximum atomic E-state index is 12.5. The molecule has 0 bridgehead atoms. The molecule has 3 amide bonds. The van der Waals surface area contributed by atoms with E-state index < -0.39 is 0 Å². The minimum Gasteiger partial charge on any atom is -0.354 e. The number of para-hydroxylation sites is 1. The quantitative estimate of drug-likeness (QED) is 0.898. The Morgan fingerprint density at radius 2 is 2.05 bits per heavy atom. The summed E-state index contributed by atoms with van der Waals surface area (Å²) in [6.45, 7) is 7.32. The second kappa shape index (κ2) is 7.29. The molecular formula is C17H25N3O2. The maximum Gasteiger partial charge on any atom is 0.322 e. The van der Waals surface area contributed by atoms with Gasteiger partial charge < -0.3 is 15.5 Å². The Balaban J connectivity index is 1.99. The van der Waals surface area contributed by atoms with E-state index in [2.05, 4.69) is 24.5 Å². The number of amides is 3. The molecule has 0 unspecified atom stereocenters. The molecule has 22 heavy (non-hydrogen) atoms. The number of nitrogens with zero attached hydrogens (tertiary/aromatic N) is 1. The maximum absolute atomic E-state index is 12.5. The van der Waals surface area contributed by atoms with Gasteiger partial charge in [-0.25, -0.2) is 4.79 Å². The van der Waals surface area contributed by atoms with Crippen LogP contribution in [-0.2, 0) is 4.79 Å². The van der Waals surface area contributed by atoms with Gasteiger partial charge in [0.15, 0.2) is 0 Å². The molecule has 1 aliphatic heterocycles. The number of anilines is 1. The number of carbonyl (C=O) groups is 2. The zero-order chi connectivity index (χ0) is 16.1. The lowest BCUT2D eigenvalue weighted by atomic mass is 10.2. The molecule has 1 fully saturated rings. The third-order valence-corrected chi connectivity index (χ3v) is 3.89. The SMILES string of the molecule is Cc1ccccc1NC(=O)N1CCC[C@H]1C(=O)NCC(C)C. The van der Waals surface area contributed by atoms with Crippen LogP contribution in [-0.4, -0.2) is 36.0 Å². The average molecular weight is 303 g/mol. The van der Waals surface area contributed by atoms with Crippen LogP contribution in [0.25, 0.3) is 0 Å². The fourth-order valence-electron chi connectivity index (χ4n) is 2.61. The first-order valence-electron chi connectivity index (χ1n) is 7.90. The summed E-state index contributed by atoms with van der Waals surface area (Å²) in [5, 5.41) is 5.83. The Morgan fingerprint density at radius 3 is 2.73 bits per heavy atom. The highest BCUT2D eigenvalue weighted by Gasteiger charge is 2.34. The summed E-state index contributed by atoms with van der Waals surface area (Å²) in [5.41, 5.74) is 1.80. The van der Waals surface area contributed by atoms with Crippen LogP contribution in [0.4, 0.5) is 10.5 Å². The van der Waals surface area contributed by atoms with Crippen molar-refractivity contribution in [2.75, 3.05) is 18.4 Å².